The number of phenolic OH excluding ortho intramolecular Hbond substituents is 1. The van der Waals surface area contributed by atoms with Crippen LogP contribution in [-0.2, 0) is 22.6 Å². The maximum Gasteiger partial charge on any atom is 0.255 e. The predicted octanol–water partition coefficient (Wildman–Crippen LogP) is 1.03. The number of phenols is 1. The van der Waals surface area contributed by atoms with Gasteiger partial charge in [-0.3, -0.25) is 24.2 Å². The lowest BCUT2D eigenvalue weighted by molar-refractivity contribution is -0.148. The number of carbonyl (C=O) groups is 3. The van der Waals surface area contributed by atoms with E-state index in [4.69, 9.17) is 5.73 Å². The highest BCUT2D eigenvalue weighted by Gasteiger charge is 2.63. The summed E-state index contributed by atoms with van der Waals surface area (Å²) in [5.41, 5.74) is 3.96. The van der Waals surface area contributed by atoms with Crippen LogP contribution in [0, 0.1) is 17.3 Å². The third kappa shape index (κ3) is 3.86. The Labute approximate surface area is 233 Å². The van der Waals surface area contributed by atoms with Crippen molar-refractivity contribution >= 4 is 23.2 Å². The van der Waals surface area contributed by atoms with Crippen LogP contribution in [0.3, 0.4) is 0 Å². The zero-order valence-electron chi connectivity index (χ0n) is 23.8. The zero-order chi connectivity index (χ0) is 29.6. The van der Waals surface area contributed by atoms with Crippen molar-refractivity contribution in [1.82, 2.24) is 9.80 Å². The van der Waals surface area contributed by atoms with Gasteiger partial charge in [-0.15, -0.1) is 0 Å². The van der Waals surface area contributed by atoms with E-state index in [0.717, 1.165) is 18.8 Å². The number of ketones is 2. The first-order chi connectivity index (χ1) is 18.5. The fraction of sp³-hybridized carbons (Fsp3) is 0.552. The van der Waals surface area contributed by atoms with Crippen molar-refractivity contribution in [2.45, 2.75) is 44.9 Å². The van der Waals surface area contributed by atoms with Crippen LogP contribution in [0.5, 0.6) is 5.75 Å². The van der Waals surface area contributed by atoms with Crippen molar-refractivity contribution in [2.75, 3.05) is 46.2 Å². The molecule has 3 aliphatic carbocycles. The first kappa shape index (κ1) is 28.1. The molecule has 0 unspecified atom stereocenters. The molecule has 0 radical (unpaired) electrons. The van der Waals surface area contributed by atoms with E-state index in [2.05, 4.69) is 18.7 Å². The number of aliphatic hydroxyl groups excluding tert-OH is 2. The lowest BCUT2D eigenvalue weighted by atomic mass is 9.58. The number of nitrogens with zero attached hydrogens (tertiary/aromatic N) is 3. The number of fused-ring (bicyclic) bond motifs is 3. The Balaban J connectivity index is 1.67. The number of aromatic hydroxyl groups is 1. The highest BCUT2D eigenvalue weighted by atomic mass is 16.3. The molecule has 11 heteroatoms. The summed E-state index contributed by atoms with van der Waals surface area (Å²) in [6.45, 7) is 6.44. The average molecular weight is 555 g/mol. The number of hydrogen-bond acceptors (Lipinski definition) is 10. The van der Waals surface area contributed by atoms with Gasteiger partial charge in [0.15, 0.2) is 11.4 Å². The molecule has 216 valence electrons. The largest absolute Gasteiger partial charge is 0.510 e. The molecular formula is C29H38N4O7. The van der Waals surface area contributed by atoms with Crippen LogP contribution in [-0.4, -0.2) is 101 Å². The van der Waals surface area contributed by atoms with E-state index in [1.807, 2.05) is 25.1 Å². The molecule has 1 aromatic rings. The second-order valence-corrected chi connectivity index (χ2v) is 12.9. The highest BCUT2D eigenvalue weighted by Crippen LogP contribution is 2.53. The Morgan fingerprint density at radius 3 is 2.27 bits per heavy atom. The van der Waals surface area contributed by atoms with Crippen molar-refractivity contribution < 1.29 is 34.8 Å². The van der Waals surface area contributed by atoms with Gasteiger partial charge in [-0.05, 0) is 49.9 Å². The van der Waals surface area contributed by atoms with Gasteiger partial charge < -0.3 is 31.1 Å². The summed E-state index contributed by atoms with van der Waals surface area (Å²) >= 11 is 0. The van der Waals surface area contributed by atoms with Crippen molar-refractivity contribution in [3.05, 3.63) is 45.4 Å². The summed E-state index contributed by atoms with van der Waals surface area (Å²) in [5.74, 6) is -6.43. The number of rotatable bonds is 5. The van der Waals surface area contributed by atoms with Crippen molar-refractivity contribution in [2.24, 2.45) is 23.0 Å². The number of benzene rings is 1. The van der Waals surface area contributed by atoms with E-state index in [1.54, 1.807) is 14.1 Å². The number of likely N-dealkylation sites (N-methyl/N-ethyl adjacent to an activating group) is 1. The maximum absolute atomic E-state index is 14.1. The van der Waals surface area contributed by atoms with Gasteiger partial charge in [-0.2, -0.15) is 0 Å². The summed E-state index contributed by atoms with van der Waals surface area (Å²) in [6, 6.07) is 0.872. The molecule has 1 aromatic carbocycles. The quantitative estimate of drug-likeness (QED) is 0.332. The summed E-state index contributed by atoms with van der Waals surface area (Å²) in [5, 5.41) is 45.6. The number of nitrogens with two attached hydrogens (primary N) is 1. The number of anilines is 1. The lowest BCUT2D eigenvalue weighted by Crippen LogP contribution is -2.63. The van der Waals surface area contributed by atoms with Crippen LogP contribution < -0.4 is 10.6 Å². The fourth-order valence-electron chi connectivity index (χ4n) is 7.39. The number of aliphatic hydroxyl groups is 3. The second-order valence-electron chi connectivity index (χ2n) is 12.9. The van der Waals surface area contributed by atoms with Crippen LogP contribution in [0.15, 0.2) is 28.7 Å². The number of amides is 1. The number of allylic oxidation sites excluding steroid dienone is 1. The van der Waals surface area contributed by atoms with Gasteiger partial charge in [-0.1, -0.05) is 13.8 Å². The van der Waals surface area contributed by atoms with Gasteiger partial charge in [0.1, 0.15) is 22.8 Å². The van der Waals surface area contributed by atoms with Gasteiger partial charge in [-0.25, -0.2) is 0 Å². The molecule has 1 fully saturated rings. The number of hydrogen-bond donors (Lipinski definition) is 5. The van der Waals surface area contributed by atoms with Crippen LogP contribution >= 0.6 is 0 Å². The molecule has 4 atom stereocenters. The standard InChI is InChI=1S/C29H38N4O7/c1-28(2)11-33(12-28)10-14-9-17(31(3)4)15-7-13-8-16-21(32(5)6)24(36)20(27(30)39)26(38)29(16,40)25(37)18(13)23(35)19(15)22(14)34/h9,13,16,21,34,36-37,40H,7-8,10-12H2,1-6H3,(H2,30,39)/t13-,16-,21-,29-/m0/s1. The molecule has 5 rings (SSSR count). The monoisotopic (exact) mass is 554 g/mol. The van der Waals surface area contributed by atoms with Crippen LogP contribution in [0.25, 0.3) is 0 Å². The molecule has 1 saturated heterocycles. The molecule has 11 nitrogen and oxygen atoms in total. The third-order valence-electron chi connectivity index (χ3n) is 8.96. The smallest absolute Gasteiger partial charge is 0.255 e. The molecule has 0 aromatic heterocycles. The van der Waals surface area contributed by atoms with Crippen molar-refractivity contribution in [1.29, 1.82) is 0 Å². The van der Waals surface area contributed by atoms with Crippen LogP contribution in [0.2, 0.25) is 0 Å². The van der Waals surface area contributed by atoms with E-state index in [0.29, 0.717) is 17.7 Å². The van der Waals surface area contributed by atoms with Gasteiger partial charge in [0, 0.05) is 56.5 Å². The van der Waals surface area contributed by atoms with E-state index in [-0.39, 0.29) is 35.1 Å². The van der Waals surface area contributed by atoms with Crippen molar-refractivity contribution in [3.8, 4) is 5.75 Å². The fourth-order valence-corrected chi connectivity index (χ4v) is 7.39. The maximum atomic E-state index is 14.1. The number of likely N-dealkylation sites (tertiary alicyclic amines) is 1. The molecule has 4 aliphatic rings. The summed E-state index contributed by atoms with van der Waals surface area (Å²) < 4.78 is 0. The number of Topliss-reactive ketones (excluding diaryl/α,β-unsaturated/α-hetero) is 2. The Kier molecular flexibility index (Phi) is 6.37. The average Bonchev–Trinajstić information content (AvgIpc) is 2.81. The molecule has 6 N–H and O–H groups in total. The number of primary amides is 1. The topological polar surface area (TPSA) is 168 Å². The second kappa shape index (κ2) is 9.05. The van der Waals surface area contributed by atoms with Gasteiger partial charge in [0.05, 0.1) is 11.6 Å². The predicted molar refractivity (Wildman–Crippen MR) is 147 cm³/mol. The molecule has 1 amide bonds. The van der Waals surface area contributed by atoms with Crippen LogP contribution in [0.4, 0.5) is 5.69 Å². The van der Waals surface area contributed by atoms with Gasteiger partial charge >= 0.3 is 0 Å². The Morgan fingerprint density at radius 1 is 1.12 bits per heavy atom. The molecule has 1 heterocycles. The molecule has 1 aliphatic heterocycles. The van der Waals surface area contributed by atoms with Crippen LogP contribution in [0.1, 0.15) is 41.8 Å². The van der Waals surface area contributed by atoms with E-state index < -0.39 is 58.0 Å². The van der Waals surface area contributed by atoms with E-state index in [9.17, 15) is 34.8 Å². The SMILES string of the molecule is CN(C)c1cc(CN2CC(C)(C)C2)c(O)c2c1C[C@H]1C[C@H]3[C@H](N(C)C)C(O)=C(C(N)=O)C(=O)[C@@]3(O)C(O)=C1C2=O. The Hall–Kier alpha value is -3.41. The lowest BCUT2D eigenvalue weighted by Gasteiger charge is -2.50. The zero-order valence-corrected chi connectivity index (χ0v) is 23.8. The minimum Gasteiger partial charge on any atom is -0.510 e. The minimum atomic E-state index is -2.65. The Morgan fingerprint density at radius 2 is 1.75 bits per heavy atom. The molecular weight excluding hydrogens is 516 g/mol. The molecule has 40 heavy (non-hydrogen) atoms. The van der Waals surface area contributed by atoms with E-state index in [1.165, 1.54) is 4.90 Å². The first-order valence-electron chi connectivity index (χ1n) is 13.4. The van der Waals surface area contributed by atoms with E-state index >= 15 is 0 Å². The van der Waals surface area contributed by atoms with Gasteiger partial charge in [0.2, 0.25) is 5.78 Å². The Bertz CT molecular complexity index is 1400. The summed E-state index contributed by atoms with van der Waals surface area (Å²) in [4.78, 5) is 45.3. The normalized spacial score (nSPS) is 29.6. The summed E-state index contributed by atoms with van der Waals surface area (Å²) in [7, 11) is 6.92. The first-order valence-corrected chi connectivity index (χ1v) is 13.4. The third-order valence-corrected chi connectivity index (χ3v) is 8.96. The molecule has 0 spiro atoms. The molecule has 0 bridgehead atoms. The highest BCUT2D eigenvalue weighted by molar-refractivity contribution is 6.24. The minimum absolute atomic E-state index is 0.0433. The van der Waals surface area contributed by atoms with Gasteiger partial charge in [0.25, 0.3) is 5.91 Å². The summed E-state index contributed by atoms with van der Waals surface area (Å²) in [6.07, 6.45) is 0.316. The molecule has 0 saturated carbocycles. The van der Waals surface area contributed by atoms with Crippen molar-refractivity contribution in [3.63, 3.8) is 0 Å². The number of carbonyl (C=O) groups excluding carboxylic acids is 3.